The van der Waals surface area contributed by atoms with E-state index in [1.165, 1.54) is 29.9 Å². The third-order valence-corrected chi connectivity index (χ3v) is 5.68. The first-order chi connectivity index (χ1) is 9.70. The van der Waals surface area contributed by atoms with Gasteiger partial charge in [0.15, 0.2) is 0 Å². The molecule has 112 valence electrons. The van der Waals surface area contributed by atoms with Crippen LogP contribution < -0.4 is 10.1 Å². The van der Waals surface area contributed by atoms with Crippen LogP contribution in [-0.2, 0) is 6.54 Å². The topological polar surface area (TPSA) is 21.3 Å². The lowest BCUT2D eigenvalue weighted by atomic mass is 10.0. The highest BCUT2D eigenvalue weighted by Crippen LogP contribution is 2.34. The number of rotatable bonds is 6. The SMILES string of the molecule is CCOc1c(Br)cc(CNCC2CCSCC2)cc1Br. The number of ether oxygens (including phenoxy) is 1. The maximum Gasteiger partial charge on any atom is 0.147 e. The van der Waals surface area contributed by atoms with Gasteiger partial charge in [-0.25, -0.2) is 0 Å². The Morgan fingerprint density at radius 3 is 2.50 bits per heavy atom. The molecule has 1 heterocycles. The van der Waals surface area contributed by atoms with Crippen LogP contribution in [0.25, 0.3) is 0 Å². The zero-order chi connectivity index (χ0) is 14.4. The minimum atomic E-state index is 0.675. The maximum absolute atomic E-state index is 5.61. The summed E-state index contributed by atoms with van der Waals surface area (Å²) in [7, 11) is 0. The van der Waals surface area contributed by atoms with Crippen molar-refractivity contribution < 1.29 is 4.74 Å². The second-order valence-electron chi connectivity index (χ2n) is 5.01. The van der Waals surface area contributed by atoms with E-state index in [4.69, 9.17) is 4.74 Å². The summed E-state index contributed by atoms with van der Waals surface area (Å²) in [6.45, 7) is 4.71. The van der Waals surface area contributed by atoms with Gasteiger partial charge in [0, 0.05) is 6.54 Å². The van der Waals surface area contributed by atoms with Crippen molar-refractivity contribution in [2.45, 2.75) is 26.3 Å². The predicted octanol–water partition coefficient (Wildman–Crippen LogP) is 4.84. The van der Waals surface area contributed by atoms with Crippen LogP contribution in [0, 0.1) is 5.92 Å². The van der Waals surface area contributed by atoms with Crippen LogP contribution in [-0.4, -0.2) is 24.7 Å². The van der Waals surface area contributed by atoms with Crippen LogP contribution in [0.3, 0.4) is 0 Å². The third kappa shape index (κ3) is 4.93. The Hall–Kier alpha value is 0.290. The van der Waals surface area contributed by atoms with Crippen LogP contribution in [0.5, 0.6) is 5.75 Å². The zero-order valence-electron chi connectivity index (χ0n) is 11.8. The molecule has 0 atom stereocenters. The van der Waals surface area contributed by atoms with E-state index in [0.717, 1.165) is 33.7 Å². The van der Waals surface area contributed by atoms with Crippen LogP contribution in [0.1, 0.15) is 25.3 Å². The monoisotopic (exact) mass is 421 g/mol. The molecule has 1 aromatic rings. The summed E-state index contributed by atoms with van der Waals surface area (Å²) in [6.07, 6.45) is 2.71. The van der Waals surface area contributed by atoms with E-state index in [9.17, 15) is 0 Å². The molecule has 1 N–H and O–H groups in total. The van der Waals surface area contributed by atoms with Crippen LogP contribution in [0.15, 0.2) is 21.1 Å². The minimum Gasteiger partial charge on any atom is -0.492 e. The van der Waals surface area contributed by atoms with Crippen LogP contribution >= 0.6 is 43.6 Å². The van der Waals surface area contributed by atoms with Gasteiger partial charge in [0.05, 0.1) is 15.6 Å². The highest BCUT2D eigenvalue weighted by molar-refractivity contribution is 9.11. The lowest BCUT2D eigenvalue weighted by Gasteiger charge is -2.21. The molecule has 0 aliphatic carbocycles. The molecular formula is C15H21Br2NOS. The van der Waals surface area contributed by atoms with Crippen LogP contribution in [0.4, 0.5) is 0 Å². The van der Waals surface area contributed by atoms with Gasteiger partial charge >= 0.3 is 0 Å². The van der Waals surface area contributed by atoms with Crippen molar-refractivity contribution in [1.82, 2.24) is 5.32 Å². The highest BCUT2D eigenvalue weighted by atomic mass is 79.9. The predicted molar refractivity (Wildman–Crippen MR) is 94.8 cm³/mol. The first-order valence-corrected chi connectivity index (χ1v) is 9.84. The lowest BCUT2D eigenvalue weighted by Crippen LogP contribution is -2.25. The summed E-state index contributed by atoms with van der Waals surface area (Å²) in [5.41, 5.74) is 1.28. The van der Waals surface area contributed by atoms with E-state index in [2.05, 4.69) is 61.1 Å². The zero-order valence-corrected chi connectivity index (χ0v) is 15.7. The average molecular weight is 423 g/mol. The average Bonchev–Trinajstić information content (AvgIpc) is 2.44. The van der Waals surface area contributed by atoms with Gasteiger partial charge in [-0.3, -0.25) is 0 Å². The fourth-order valence-corrected chi connectivity index (χ4v) is 5.08. The molecule has 1 aliphatic rings. The molecule has 1 aliphatic heterocycles. The van der Waals surface area contributed by atoms with Crippen molar-refractivity contribution in [1.29, 1.82) is 0 Å². The van der Waals surface area contributed by atoms with Crippen LogP contribution in [0.2, 0.25) is 0 Å². The third-order valence-electron chi connectivity index (χ3n) is 3.45. The largest absolute Gasteiger partial charge is 0.492 e. The van der Waals surface area contributed by atoms with Gasteiger partial charge in [-0.15, -0.1) is 0 Å². The fraction of sp³-hybridized carbons (Fsp3) is 0.600. The number of nitrogens with one attached hydrogen (secondary N) is 1. The normalized spacial score (nSPS) is 16.4. The first kappa shape index (κ1) is 16.7. The number of hydrogen-bond donors (Lipinski definition) is 1. The highest BCUT2D eigenvalue weighted by Gasteiger charge is 2.13. The van der Waals surface area contributed by atoms with Gasteiger partial charge in [-0.2, -0.15) is 11.8 Å². The molecule has 20 heavy (non-hydrogen) atoms. The van der Waals surface area contributed by atoms with Crippen molar-refractivity contribution >= 4 is 43.6 Å². The molecule has 0 aromatic heterocycles. The Labute approximate surface area is 142 Å². The molecule has 2 rings (SSSR count). The second kappa shape index (κ2) is 8.66. The molecule has 5 heteroatoms. The van der Waals surface area contributed by atoms with E-state index in [1.807, 2.05) is 6.92 Å². The fourth-order valence-electron chi connectivity index (χ4n) is 2.37. The Bertz CT molecular complexity index is 413. The summed E-state index contributed by atoms with van der Waals surface area (Å²) >= 11 is 9.25. The lowest BCUT2D eigenvalue weighted by molar-refractivity contribution is 0.336. The van der Waals surface area contributed by atoms with Crippen molar-refractivity contribution in [3.05, 3.63) is 26.6 Å². The second-order valence-corrected chi connectivity index (χ2v) is 7.94. The first-order valence-electron chi connectivity index (χ1n) is 7.10. The van der Waals surface area contributed by atoms with Gasteiger partial charge in [0.25, 0.3) is 0 Å². The van der Waals surface area contributed by atoms with Gasteiger partial charge < -0.3 is 10.1 Å². The van der Waals surface area contributed by atoms with E-state index < -0.39 is 0 Å². The van der Waals surface area contributed by atoms with Crippen molar-refractivity contribution in [3.8, 4) is 5.75 Å². The number of hydrogen-bond acceptors (Lipinski definition) is 3. The quantitative estimate of drug-likeness (QED) is 0.708. The Kier molecular flexibility index (Phi) is 7.22. The summed E-state index contributed by atoms with van der Waals surface area (Å²) in [5, 5.41) is 3.59. The molecule has 0 bridgehead atoms. The molecule has 0 saturated carbocycles. The summed E-state index contributed by atoms with van der Waals surface area (Å²) in [4.78, 5) is 0. The van der Waals surface area contributed by atoms with Gasteiger partial charge in [0.1, 0.15) is 5.75 Å². The number of halogens is 2. The Morgan fingerprint density at radius 2 is 1.90 bits per heavy atom. The molecule has 1 saturated heterocycles. The van der Waals surface area contributed by atoms with E-state index in [1.54, 1.807) is 0 Å². The molecule has 2 nitrogen and oxygen atoms in total. The summed E-state index contributed by atoms with van der Waals surface area (Å²) in [6, 6.07) is 4.28. The molecule has 0 radical (unpaired) electrons. The van der Waals surface area contributed by atoms with Crippen molar-refractivity contribution in [3.63, 3.8) is 0 Å². The molecule has 1 fully saturated rings. The number of thioether (sulfide) groups is 1. The number of benzene rings is 1. The molecule has 0 amide bonds. The van der Waals surface area contributed by atoms with Crippen molar-refractivity contribution in [2.75, 3.05) is 24.7 Å². The van der Waals surface area contributed by atoms with Gasteiger partial charge in [-0.1, -0.05) is 0 Å². The molecule has 1 aromatic carbocycles. The van der Waals surface area contributed by atoms with Crippen molar-refractivity contribution in [2.24, 2.45) is 5.92 Å². The summed E-state index contributed by atoms with van der Waals surface area (Å²) < 4.78 is 7.63. The molecule has 0 spiro atoms. The maximum atomic E-state index is 5.61. The summed E-state index contributed by atoms with van der Waals surface area (Å²) in [5.74, 6) is 4.39. The minimum absolute atomic E-state index is 0.675. The Morgan fingerprint density at radius 1 is 1.25 bits per heavy atom. The standard InChI is InChI=1S/C15H21Br2NOS/c1-2-19-15-13(16)7-12(8-14(15)17)10-18-9-11-3-5-20-6-4-11/h7-8,11,18H,2-6,9-10H2,1H3. The van der Waals surface area contributed by atoms with Gasteiger partial charge in [0.2, 0.25) is 0 Å². The van der Waals surface area contributed by atoms with E-state index in [-0.39, 0.29) is 0 Å². The van der Waals surface area contributed by atoms with Gasteiger partial charge in [-0.05, 0) is 93.3 Å². The Balaban J connectivity index is 1.86. The smallest absolute Gasteiger partial charge is 0.147 e. The molecule has 0 unspecified atom stereocenters. The van der Waals surface area contributed by atoms with E-state index in [0.29, 0.717) is 6.61 Å². The van der Waals surface area contributed by atoms with E-state index >= 15 is 0 Å². The molecular weight excluding hydrogens is 402 g/mol.